The van der Waals surface area contributed by atoms with Gasteiger partial charge in [0.05, 0.1) is 6.04 Å². The van der Waals surface area contributed by atoms with Crippen molar-refractivity contribution in [2.24, 2.45) is 0 Å². The van der Waals surface area contributed by atoms with E-state index in [2.05, 4.69) is 19.2 Å². The lowest BCUT2D eigenvalue weighted by atomic mass is 10.1. The van der Waals surface area contributed by atoms with Crippen LogP contribution in [0.25, 0.3) is 0 Å². The van der Waals surface area contributed by atoms with Gasteiger partial charge in [-0.3, -0.25) is 4.79 Å². The summed E-state index contributed by atoms with van der Waals surface area (Å²) in [6.45, 7) is 6.15. The SMILES string of the molecule is CCCNC1CCN(C(C)CCCO)C1=O. The molecular weight excluding hydrogens is 204 g/mol. The summed E-state index contributed by atoms with van der Waals surface area (Å²) in [5.74, 6) is 0.235. The Morgan fingerprint density at radius 3 is 3.00 bits per heavy atom. The fraction of sp³-hybridized carbons (Fsp3) is 0.917. The van der Waals surface area contributed by atoms with E-state index in [0.29, 0.717) is 0 Å². The second kappa shape index (κ2) is 6.86. The standard InChI is InChI=1S/C12H24N2O2/c1-3-7-13-11-6-8-14(12(11)16)10(2)5-4-9-15/h10-11,13,15H,3-9H2,1-2H3. The third-order valence-corrected chi connectivity index (χ3v) is 3.19. The van der Waals surface area contributed by atoms with E-state index >= 15 is 0 Å². The largest absolute Gasteiger partial charge is 0.396 e. The highest BCUT2D eigenvalue weighted by Gasteiger charge is 2.33. The van der Waals surface area contributed by atoms with Crippen LogP contribution in [0.3, 0.4) is 0 Å². The number of aliphatic hydroxyl groups excluding tert-OH is 1. The van der Waals surface area contributed by atoms with Crippen LogP contribution < -0.4 is 5.32 Å². The average molecular weight is 228 g/mol. The molecule has 1 saturated heterocycles. The number of carbonyl (C=O) groups excluding carboxylic acids is 1. The number of nitrogens with zero attached hydrogens (tertiary/aromatic N) is 1. The third kappa shape index (κ3) is 3.46. The molecule has 1 heterocycles. The molecule has 4 nitrogen and oxygen atoms in total. The molecular formula is C12H24N2O2. The predicted molar refractivity (Wildman–Crippen MR) is 64.2 cm³/mol. The van der Waals surface area contributed by atoms with E-state index in [0.717, 1.165) is 38.8 Å². The summed E-state index contributed by atoms with van der Waals surface area (Å²) >= 11 is 0. The van der Waals surface area contributed by atoms with Gasteiger partial charge in [0, 0.05) is 19.2 Å². The van der Waals surface area contributed by atoms with Crippen molar-refractivity contribution in [2.45, 2.75) is 51.6 Å². The Kier molecular flexibility index (Phi) is 5.77. The number of hydrogen-bond acceptors (Lipinski definition) is 3. The van der Waals surface area contributed by atoms with Crippen molar-refractivity contribution in [3.63, 3.8) is 0 Å². The maximum atomic E-state index is 12.0. The van der Waals surface area contributed by atoms with Crippen LogP contribution >= 0.6 is 0 Å². The molecule has 0 aromatic heterocycles. The molecule has 1 aliphatic heterocycles. The number of carbonyl (C=O) groups is 1. The smallest absolute Gasteiger partial charge is 0.240 e. The molecule has 0 spiro atoms. The number of aliphatic hydroxyl groups is 1. The van der Waals surface area contributed by atoms with Crippen LogP contribution in [0.2, 0.25) is 0 Å². The first-order chi connectivity index (χ1) is 7.70. The van der Waals surface area contributed by atoms with Crippen molar-refractivity contribution in [2.75, 3.05) is 19.7 Å². The van der Waals surface area contributed by atoms with Crippen molar-refractivity contribution >= 4 is 5.91 Å². The van der Waals surface area contributed by atoms with Gasteiger partial charge in [0.2, 0.25) is 5.91 Å². The average Bonchev–Trinajstić information content (AvgIpc) is 2.65. The normalized spacial score (nSPS) is 22.8. The summed E-state index contributed by atoms with van der Waals surface area (Å²) in [6.07, 6.45) is 3.65. The molecule has 2 unspecified atom stereocenters. The second-order valence-corrected chi connectivity index (χ2v) is 4.54. The summed E-state index contributed by atoms with van der Waals surface area (Å²) in [4.78, 5) is 14.0. The van der Waals surface area contributed by atoms with Gasteiger partial charge < -0.3 is 15.3 Å². The Bertz CT molecular complexity index is 221. The fourth-order valence-corrected chi connectivity index (χ4v) is 2.19. The van der Waals surface area contributed by atoms with Gasteiger partial charge >= 0.3 is 0 Å². The minimum Gasteiger partial charge on any atom is -0.396 e. The highest BCUT2D eigenvalue weighted by atomic mass is 16.3. The molecule has 2 atom stereocenters. The van der Waals surface area contributed by atoms with Crippen LogP contribution in [-0.4, -0.2) is 47.7 Å². The van der Waals surface area contributed by atoms with Gasteiger partial charge in [-0.15, -0.1) is 0 Å². The van der Waals surface area contributed by atoms with Gasteiger partial charge in [-0.05, 0) is 39.2 Å². The molecule has 0 saturated carbocycles. The minimum absolute atomic E-state index is 0.0246. The van der Waals surface area contributed by atoms with E-state index in [4.69, 9.17) is 5.11 Å². The van der Waals surface area contributed by atoms with Crippen LogP contribution in [0.5, 0.6) is 0 Å². The van der Waals surface area contributed by atoms with E-state index in [9.17, 15) is 4.79 Å². The van der Waals surface area contributed by atoms with E-state index in [1.165, 1.54) is 0 Å². The van der Waals surface area contributed by atoms with Gasteiger partial charge in [0.15, 0.2) is 0 Å². The Labute approximate surface area is 98.0 Å². The summed E-state index contributed by atoms with van der Waals surface area (Å²) in [6, 6.07) is 0.282. The molecule has 0 radical (unpaired) electrons. The zero-order valence-corrected chi connectivity index (χ0v) is 10.4. The highest BCUT2D eigenvalue weighted by Crippen LogP contribution is 2.17. The summed E-state index contributed by atoms with van der Waals surface area (Å²) in [5, 5.41) is 12.1. The fourth-order valence-electron chi connectivity index (χ4n) is 2.19. The number of nitrogens with one attached hydrogen (secondary N) is 1. The number of likely N-dealkylation sites (tertiary alicyclic amines) is 1. The second-order valence-electron chi connectivity index (χ2n) is 4.54. The first kappa shape index (κ1) is 13.5. The van der Waals surface area contributed by atoms with Gasteiger partial charge in [-0.2, -0.15) is 0 Å². The Hall–Kier alpha value is -0.610. The maximum absolute atomic E-state index is 12.0. The van der Waals surface area contributed by atoms with Gasteiger partial charge in [0.1, 0.15) is 0 Å². The molecule has 1 fully saturated rings. The van der Waals surface area contributed by atoms with Crippen molar-refractivity contribution < 1.29 is 9.90 Å². The van der Waals surface area contributed by atoms with Crippen molar-refractivity contribution in [1.82, 2.24) is 10.2 Å². The van der Waals surface area contributed by atoms with Crippen molar-refractivity contribution in [3.8, 4) is 0 Å². The summed E-state index contributed by atoms with van der Waals surface area (Å²) in [5.41, 5.74) is 0. The number of amides is 1. The first-order valence-corrected chi connectivity index (χ1v) is 6.35. The van der Waals surface area contributed by atoms with Crippen LogP contribution in [0.1, 0.15) is 39.5 Å². The molecule has 94 valence electrons. The zero-order chi connectivity index (χ0) is 12.0. The van der Waals surface area contributed by atoms with Crippen LogP contribution in [-0.2, 0) is 4.79 Å². The summed E-state index contributed by atoms with van der Waals surface area (Å²) < 4.78 is 0. The van der Waals surface area contributed by atoms with E-state index in [1.54, 1.807) is 0 Å². The van der Waals surface area contributed by atoms with Crippen molar-refractivity contribution in [1.29, 1.82) is 0 Å². The molecule has 0 bridgehead atoms. The summed E-state index contributed by atoms with van der Waals surface area (Å²) in [7, 11) is 0. The molecule has 1 rings (SSSR count). The molecule has 0 aliphatic carbocycles. The topological polar surface area (TPSA) is 52.6 Å². The quantitative estimate of drug-likeness (QED) is 0.676. The number of rotatable bonds is 7. The van der Waals surface area contributed by atoms with E-state index in [-0.39, 0.29) is 24.6 Å². The monoisotopic (exact) mass is 228 g/mol. The van der Waals surface area contributed by atoms with Crippen LogP contribution in [0.4, 0.5) is 0 Å². The van der Waals surface area contributed by atoms with Crippen LogP contribution in [0, 0.1) is 0 Å². The van der Waals surface area contributed by atoms with E-state index < -0.39 is 0 Å². The number of hydrogen-bond donors (Lipinski definition) is 2. The minimum atomic E-state index is 0.0246. The molecule has 1 aliphatic rings. The lowest BCUT2D eigenvalue weighted by Gasteiger charge is -2.24. The zero-order valence-electron chi connectivity index (χ0n) is 10.4. The lowest BCUT2D eigenvalue weighted by molar-refractivity contribution is -0.131. The third-order valence-electron chi connectivity index (χ3n) is 3.19. The van der Waals surface area contributed by atoms with Gasteiger partial charge in [-0.25, -0.2) is 0 Å². The lowest BCUT2D eigenvalue weighted by Crippen LogP contribution is -2.42. The molecule has 4 heteroatoms. The Balaban J connectivity index is 2.37. The first-order valence-electron chi connectivity index (χ1n) is 6.35. The Morgan fingerprint density at radius 1 is 1.62 bits per heavy atom. The predicted octanol–water partition coefficient (Wildman–Crippen LogP) is 0.748. The highest BCUT2D eigenvalue weighted by molar-refractivity contribution is 5.84. The molecule has 0 aromatic rings. The van der Waals surface area contributed by atoms with Gasteiger partial charge in [-0.1, -0.05) is 6.92 Å². The molecule has 0 aromatic carbocycles. The van der Waals surface area contributed by atoms with E-state index in [1.807, 2.05) is 4.90 Å². The van der Waals surface area contributed by atoms with Gasteiger partial charge in [0.25, 0.3) is 0 Å². The molecule has 2 N–H and O–H groups in total. The van der Waals surface area contributed by atoms with Crippen LogP contribution in [0.15, 0.2) is 0 Å². The van der Waals surface area contributed by atoms with Crippen molar-refractivity contribution in [3.05, 3.63) is 0 Å². The molecule has 1 amide bonds. The molecule has 16 heavy (non-hydrogen) atoms. The Morgan fingerprint density at radius 2 is 2.38 bits per heavy atom. The maximum Gasteiger partial charge on any atom is 0.240 e.